The third kappa shape index (κ3) is 2.24. The number of hydrogen-bond donors (Lipinski definition) is 2. The van der Waals surface area contributed by atoms with Crippen molar-refractivity contribution in [3.8, 4) is 11.3 Å². The number of nitrogens with one attached hydrogen (secondary N) is 1. The van der Waals surface area contributed by atoms with Crippen molar-refractivity contribution < 1.29 is 9.32 Å². The summed E-state index contributed by atoms with van der Waals surface area (Å²) in [7, 11) is 0. The SMILES string of the molecule is NCCc1cnoc1-c1ccc2c(c1)CCC(=O)N2. The molecule has 1 aromatic heterocycles. The van der Waals surface area contributed by atoms with Crippen molar-refractivity contribution in [2.75, 3.05) is 11.9 Å². The molecule has 1 aromatic carbocycles. The third-order valence-electron chi connectivity index (χ3n) is 3.32. The molecule has 98 valence electrons. The Kier molecular flexibility index (Phi) is 3.05. The number of rotatable bonds is 3. The molecule has 1 amide bonds. The largest absolute Gasteiger partial charge is 0.356 e. The molecular weight excluding hydrogens is 242 g/mol. The molecule has 0 saturated heterocycles. The topological polar surface area (TPSA) is 81.2 Å². The number of carbonyl (C=O) groups excluding carboxylic acids is 1. The van der Waals surface area contributed by atoms with Crippen molar-refractivity contribution in [2.24, 2.45) is 5.73 Å². The molecule has 0 bridgehead atoms. The van der Waals surface area contributed by atoms with Gasteiger partial charge in [0.25, 0.3) is 0 Å². The summed E-state index contributed by atoms with van der Waals surface area (Å²) in [4.78, 5) is 11.3. The van der Waals surface area contributed by atoms with Gasteiger partial charge in [0.2, 0.25) is 5.91 Å². The van der Waals surface area contributed by atoms with Gasteiger partial charge in [-0.05, 0) is 43.1 Å². The zero-order chi connectivity index (χ0) is 13.2. The molecule has 5 nitrogen and oxygen atoms in total. The van der Waals surface area contributed by atoms with Crippen LogP contribution >= 0.6 is 0 Å². The molecule has 0 radical (unpaired) electrons. The lowest BCUT2D eigenvalue weighted by Gasteiger charge is -2.17. The Morgan fingerprint density at radius 2 is 2.26 bits per heavy atom. The van der Waals surface area contributed by atoms with Gasteiger partial charge in [0, 0.05) is 23.2 Å². The molecule has 2 heterocycles. The first kappa shape index (κ1) is 11.9. The van der Waals surface area contributed by atoms with E-state index in [1.807, 2.05) is 12.1 Å². The number of nitrogens with zero attached hydrogens (tertiary/aromatic N) is 1. The summed E-state index contributed by atoms with van der Waals surface area (Å²) in [6.45, 7) is 0.565. The van der Waals surface area contributed by atoms with E-state index in [1.165, 1.54) is 0 Å². The van der Waals surface area contributed by atoms with Crippen molar-refractivity contribution in [3.05, 3.63) is 35.5 Å². The smallest absolute Gasteiger partial charge is 0.224 e. The second-order valence-corrected chi connectivity index (χ2v) is 4.64. The highest BCUT2D eigenvalue weighted by Crippen LogP contribution is 2.30. The highest BCUT2D eigenvalue weighted by Gasteiger charge is 2.17. The van der Waals surface area contributed by atoms with Gasteiger partial charge in [0.05, 0.1) is 6.20 Å². The zero-order valence-electron chi connectivity index (χ0n) is 10.5. The molecule has 0 unspecified atom stereocenters. The second-order valence-electron chi connectivity index (χ2n) is 4.64. The molecule has 0 aliphatic carbocycles. The van der Waals surface area contributed by atoms with Gasteiger partial charge in [-0.25, -0.2) is 0 Å². The van der Waals surface area contributed by atoms with Gasteiger partial charge in [-0.3, -0.25) is 4.79 Å². The summed E-state index contributed by atoms with van der Waals surface area (Å²) in [5.41, 5.74) is 9.59. The lowest BCUT2D eigenvalue weighted by Crippen LogP contribution is -2.18. The first-order valence-electron chi connectivity index (χ1n) is 6.34. The van der Waals surface area contributed by atoms with Crippen molar-refractivity contribution in [1.82, 2.24) is 5.16 Å². The maximum Gasteiger partial charge on any atom is 0.224 e. The maximum absolute atomic E-state index is 11.3. The quantitative estimate of drug-likeness (QED) is 0.877. The van der Waals surface area contributed by atoms with Gasteiger partial charge in [-0.1, -0.05) is 5.16 Å². The molecule has 0 saturated carbocycles. The average molecular weight is 257 g/mol. The Hall–Kier alpha value is -2.14. The molecule has 3 N–H and O–H groups in total. The summed E-state index contributed by atoms with van der Waals surface area (Å²) in [5.74, 6) is 0.842. The molecule has 3 rings (SSSR count). The number of fused-ring (bicyclic) bond motifs is 1. The number of hydrogen-bond acceptors (Lipinski definition) is 4. The van der Waals surface area contributed by atoms with Crippen LogP contribution in [0.2, 0.25) is 0 Å². The third-order valence-corrected chi connectivity index (χ3v) is 3.32. The number of aryl methyl sites for hydroxylation is 1. The monoisotopic (exact) mass is 257 g/mol. The molecule has 0 fully saturated rings. The Bertz CT molecular complexity index is 619. The predicted molar refractivity (Wildman–Crippen MR) is 71.6 cm³/mol. The van der Waals surface area contributed by atoms with E-state index in [4.69, 9.17) is 10.3 Å². The van der Waals surface area contributed by atoms with E-state index in [2.05, 4.69) is 16.5 Å². The van der Waals surface area contributed by atoms with Crippen molar-refractivity contribution >= 4 is 11.6 Å². The molecule has 0 spiro atoms. The van der Waals surface area contributed by atoms with Crippen LogP contribution < -0.4 is 11.1 Å². The standard InChI is InChI=1S/C14H15N3O2/c15-6-5-11-8-16-19-14(11)10-1-3-12-9(7-10)2-4-13(18)17-12/h1,3,7-8H,2,4-6,15H2,(H,17,18). The van der Waals surface area contributed by atoms with E-state index < -0.39 is 0 Å². The van der Waals surface area contributed by atoms with E-state index in [1.54, 1.807) is 6.20 Å². The van der Waals surface area contributed by atoms with Gasteiger partial charge in [0.15, 0.2) is 5.76 Å². The van der Waals surface area contributed by atoms with E-state index in [0.717, 1.165) is 41.0 Å². The van der Waals surface area contributed by atoms with E-state index in [9.17, 15) is 4.79 Å². The first-order chi connectivity index (χ1) is 9.28. The van der Waals surface area contributed by atoms with Crippen LogP contribution in [0.15, 0.2) is 28.9 Å². The van der Waals surface area contributed by atoms with Crippen LogP contribution in [0.4, 0.5) is 5.69 Å². The van der Waals surface area contributed by atoms with Crippen LogP contribution in [0.3, 0.4) is 0 Å². The van der Waals surface area contributed by atoms with Crippen molar-refractivity contribution in [3.63, 3.8) is 0 Å². The lowest BCUT2D eigenvalue weighted by atomic mass is 9.98. The minimum atomic E-state index is 0.0729. The van der Waals surface area contributed by atoms with Crippen molar-refractivity contribution in [2.45, 2.75) is 19.3 Å². The molecule has 2 aromatic rings. The van der Waals surface area contributed by atoms with Crippen LogP contribution in [0.5, 0.6) is 0 Å². The summed E-state index contributed by atoms with van der Waals surface area (Å²) in [6, 6.07) is 5.90. The fraction of sp³-hybridized carbons (Fsp3) is 0.286. The van der Waals surface area contributed by atoms with Gasteiger partial charge in [-0.2, -0.15) is 0 Å². The molecule has 0 atom stereocenters. The van der Waals surface area contributed by atoms with Crippen LogP contribution in [0, 0.1) is 0 Å². The number of carbonyl (C=O) groups is 1. The summed E-state index contributed by atoms with van der Waals surface area (Å²) in [5, 5.41) is 6.71. The number of nitrogens with two attached hydrogens (primary N) is 1. The Labute approximate surface area is 110 Å². The van der Waals surface area contributed by atoms with Crippen LogP contribution in [-0.2, 0) is 17.6 Å². The molecular formula is C14H15N3O2. The van der Waals surface area contributed by atoms with E-state index in [-0.39, 0.29) is 5.91 Å². The summed E-state index contributed by atoms with van der Waals surface area (Å²) in [6.07, 6.45) is 3.74. The Morgan fingerprint density at radius 3 is 3.11 bits per heavy atom. The number of anilines is 1. The fourth-order valence-electron chi connectivity index (χ4n) is 2.36. The van der Waals surface area contributed by atoms with Crippen LogP contribution in [0.1, 0.15) is 17.5 Å². The predicted octanol–water partition coefficient (Wildman–Crippen LogP) is 1.73. The van der Waals surface area contributed by atoms with Gasteiger partial charge in [-0.15, -0.1) is 0 Å². The zero-order valence-corrected chi connectivity index (χ0v) is 10.5. The van der Waals surface area contributed by atoms with Crippen LogP contribution in [-0.4, -0.2) is 17.6 Å². The average Bonchev–Trinajstić information content (AvgIpc) is 2.87. The molecule has 1 aliphatic rings. The normalized spacial score (nSPS) is 14.1. The summed E-state index contributed by atoms with van der Waals surface area (Å²) < 4.78 is 5.32. The van der Waals surface area contributed by atoms with Gasteiger partial charge >= 0.3 is 0 Å². The van der Waals surface area contributed by atoms with Crippen molar-refractivity contribution in [1.29, 1.82) is 0 Å². The highest BCUT2D eigenvalue weighted by atomic mass is 16.5. The fourth-order valence-corrected chi connectivity index (χ4v) is 2.36. The molecule has 5 heteroatoms. The minimum absolute atomic E-state index is 0.0729. The molecule has 19 heavy (non-hydrogen) atoms. The van der Waals surface area contributed by atoms with Crippen LogP contribution in [0.25, 0.3) is 11.3 Å². The first-order valence-corrected chi connectivity index (χ1v) is 6.34. The number of benzene rings is 1. The highest BCUT2D eigenvalue weighted by molar-refractivity contribution is 5.94. The Morgan fingerprint density at radius 1 is 1.37 bits per heavy atom. The van der Waals surface area contributed by atoms with Gasteiger partial charge in [0.1, 0.15) is 0 Å². The minimum Gasteiger partial charge on any atom is -0.356 e. The number of amides is 1. The van der Waals surface area contributed by atoms with Gasteiger partial charge < -0.3 is 15.6 Å². The molecule has 1 aliphatic heterocycles. The lowest BCUT2D eigenvalue weighted by molar-refractivity contribution is -0.116. The summed E-state index contributed by atoms with van der Waals surface area (Å²) >= 11 is 0. The second kappa shape index (κ2) is 4.85. The Balaban J connectivity index is 1.98. The van der Waals surface area contributed by atoms with E-state index >= 15 is 0 Å². The maximum atomic E-state index is 11.3. The number of aromatic nitrogens is 1. The van der Waals surface area contributed by atoms with E-state index in [0.29, 0.717) is 13.0 Å².